The molecular weight excluding hydrogens is 240 g/mol. The minimum Gasteiger partial charge on any atom is -0.368 e. The average Bonchev–Trinajstić information content (AvgIpc) is 2.40. The summed E-state index contributed by atoms with van der Waals surface area (Å²) in [6.07, 6.45) is 3.62. The Morgan fingerprint density at radius 2 is 1.74 bits per heavy atom. The maximum atomic E-state index is 5.80. The van der Waals surface area contributed by atoms with E-state index in [1.807, 2.05) is 30.3 Å². The Kier molecular flexibility index (Phi) is 4.74. The van der Waals surface area contributed by atoms with E-state index in [0.29, 0.717) is 0 Å². The third-order valence-electron chi connectivity index (χ3n) is 2.86. The zero-order chi connectivity index (χ0) is 13.5. The fourth-order valence-electron chi connectivity index (χ4n) is 1.98. The number of para-hydroxylation sites is 1. The molecule has 1 aromatic rings. The van der Waals surface area contributed by atoms with Crippen molar-refractivity contribution >= 4 is 17.6 Å². The summed E-state index contributed by atoms with van der Waals surface area (Å²) < 4.78 is 0. The van der Waals surface area contributed by atoms with Crippen LogP contribution >= 0.6 is 0 Å². The van der Waals surface area contributed by atoms with Gasteiger partial charge in [0.25, 0.3) is 0 Å². The second kappa shape index (κ2) is 6.75. The van der Waals surface area contributed by atoms with Crippen molar-refractivity contribution < 1.29 is 0 Å². The lowest BCUT2D eigenvalue weighted by atomic mass is 10.2. The van der Waals surface area contributed by atoms with Gasteiger partial charge in [0.05, 0.1) is 5.69 Å². The van der Waals surface area contributed by atoms with Crippen LogP contribution in [-0.4, -0.2) is 30.0 Å². The van der Waals surface area contributed by atoms with Crippen molar-refractivity contribution in [3.8, 4) is 0 Å². The average molecular weight is 260 g/mol. The van der Waals surface area contributed by atoms with E-state index < -0.39 is 0 Å². The van der Waals surface area contributed by atoms with Crippen molar-refractivity contribution in [2.75, 3.05) is 13.1 Å². The molecule has 102 valence electrons. The van der Waals surface area contributed by atoms with Gasteiger partial charge in [-0.25, -0.2) is 10.0 Å². The van der Waals surface area contributed by atoms with E-state index in [-0.39, 0.29) is 11.9 Å². The topological polar surface area (TPSA) is 92.0 Å². The first-order valence-electron chi connectivity index (χ1n) is 6.49. The van der Waals surface area contributed by atoms with Crippen LogP contribution in [0.15, 0.2) is 40.3 Å². The molecule has 0 amide bonds. The molecule has 1 saturated heterocycles. The summed E-state index contributed by atoms with van der Waals surface area (Å²) in [6, 6.07) is 9.42. The molecule has 5 N–H and O–H groups in total. The molecule has 6 nitrogen and oxygen atoms in total. The van der Waals surface area contributed by atoms with Crippen LogP contribution in [0, 0.1) is 0 Å². The summed E-state index contributed by atoms with van der Waals surface area (Å²) in [7, 11) is 0. The number of hydrazine groups is 1. The van der Waals surface area contributed by atoms with Crippen LogP contribution in [0.25, 0.3) is 0 Å². The highest BCUT2D eigenvalue weighted by molar-refractivity contribution is 5.94. The van der Waals surface area contributed by atoms with Gasteiger partial charge in [-0.15, -0.1) is 0 Å². The van der Waals surface area contributed by atoms with E-state index in [9.17, 15) is 0 Å². The Bertz CT molecular complexity index is 447. The molecule has 2 rings (SSSR count). The predicted molar refractivity (Wildman–Crippen MR) is 77.9 cm³/mol. The van der Waals surface area contributed by atoms with Gasteiger partial charge in [-0.05, 0) is 25.0 Å². The molecule has 0 unspecified atom stereocenters. The standard InChI is InChI=1S/C13H20N6/c14-12(16-11-7-3-1-4-8-11)17-13(15)18-19-9-5-2-6-10-19/h1,3-4,7-8H,2,5-6,9-10H2,(H5,14,15,16,17,18). The molecule has 1 aromatic carbocycles. The summed E-state index contributed by atoms with van der Waals surface area (Å²) in [5.41, 5.74) is 15.3. The van der Waals surface area contributed by atoms with E-state index in [4.69, 9.17) is 11.5 Å². The lowest BCUT2D eigenvalue weighted by Crippen LogP contribution is -2.48. The normalized spacial score (nSPS) is 18.3. The summed E-state index contributed by atoms with van der Waals surface area (Å²) in [4.78, 5) is 8.20. The largest absolute Gasteiger partial charge is 0.368 e. The Labute approximate surface area is 113 Å². The maximum absolute atomic E-state index is 5.80. The van der Waals surface area contributed by atoms with E-state index in [0.717, 1.165) is 18.8 Å². The second-order valence-corrected chi connectivity index (χ2v) is 4.46. The molecule has 19 heavy (non-hydrogen) atoms. The Balaban J connectivity index is 1.93. The quantitative estimate of drug-likeness (QED) is 0.545. The molecule has 1 heterocycles. The summed E-state index contributed by atoms with van der Waals surface area (Å²) in [5, 5.41) is 2.05. The molecule has 0 aromatic heterocycles. The van der Waals surface area contributed by atoms with Crippen molar-refractivity contribution in [3.63, 3.8) is 0 Å². The van der Waals surface area contributed by atoms with Crippen molar-refractivity contribution in [1.82, 2.24) is 10.4 Å². The van der Waals surface area contributed by atoms with E-state index >= 15 is 0 Å². The molecule has 1 aliphatic heterocycles. The van der Waals surface area contributed by atoms with Crippen LogP contribution in [0.2, 0.25) is 0 Å². The first-order chi connectivity index (χ1) is 9.24. The van der Waals surface area contributed by atoms with Gasteiger partial charge in [0, 0.05) is 13.1 Å². The predicted octanol–water partition coefficient (Wildman–Crippen LogP) is 0.938. The molecule has 1 fully saturated rings. The molecule has 0 spiro atoms. The zero-order valence-corrected chi connectivity index (χ0v) is 10.9. The number of piperidine rings is 1. The molecule has 6 heteroatoms. The van der Waals surface area contributed by atoms with Crippen LogP contribution in [0.1, 0.15) is 19.3 Å². The monoisotopic (exact) mass is 260 g/mol. The highest BCUT2D eigenvalue weighted by Crippen LogP contribution is 2.09. The second-order valence-electron chi connectivity index (χ2n) is 4.46. The maximum Gasteiger partial charge on any atom is 0.223 e. The van der Waals surface area contributed by atoms with Crippen LogP contribution in [0.4, 0.5) is 5.69 Å². The van der Waals surface area contributed by atoms with Gasteiger partial charge in [0.2, 0.25) is 11.9 Å². The first-order valence-corrected chi connectivity index (χ1v) is 6.49. The van der Waals surface area contributed by atoms with Crippen molar-refractivity contribution in [1.29, 1.82) is 0 Å². The lowest BCUT2D eigenvalue weighted by molar-refractivity contribution is 0.194. The smallest absolute Gasteiger partial charge is 0.223 e. The molecule has 1 aliphatic rings. The van der Waals surface area contributed by atoms with Gasteiger partial charge >= 0.3 is 0 Å². The van der Waals surface area contributed by atoms with E-state index in [1.54, 1.807) is 0 Å². The zero-order valence-electron chi connectivity index (χ0n) is 10.9. The first kappa shape index (κ1) is 13.4. The summed E-state index contributed by atoms with van der Waals surface area (Å²) >= 11 is 0. The Morgan fingerprint density at radius 1 is 1.05 bits per heavy atom. The van der Waals surface area contributed by atoms with Crippen molar-refractivity contribution in [2.24, 2.45) is 21.5 Å². The lowest BCUT2D eigenvalue weighted by Gasteiger charge is -2.27. The van der Waals surface area contributed by atoms with Crippen LogP contribution in [-0.2, 0) is 0 Å². The number of hydrogen-bond acceptors (Lipinski definition) is 2. The van der Waals surface area contributed by atoms with E-state index in [2.05, 4.69) is 20.4 Å². The Morgan fingerprint density at radius 3 is 2.42 bits per heavy atom. The number of nitrogens with zero attached hydrogens (tertiary/aromatic N) is 3. The summed E-state index contributed by atoms with van der Waals surface area (Å²) in [6.45, 7) is 1.96. The number of aliphatic imine (C=N–C) groups is 2. The molecular formula is C13H20N6. The van der Waals surface area contributed by atoms with Crippen molar-refractivity contribution in [3.05, 3.63) is 30.3 Å². The minimum atomic E-state index is 0.146. The number of guanidine groups is 2. The third-order valence-corrected chi connectivity index (χ3v) is 2.86. The number of nitrogens with two attached hydrogens (primary N) is 2. The highest BCUT2D eigenvalue weighted by atomic mass is 15.5. The fraction of sp³-hybridized carbons (Fsp3) is 0.385. The van der Waals surface area contributed by atoms with Crippen LogP contribution < -0.4 is 16.9 Å². The van der Waals surface area contributed by atoms with Gasteiger partial charge in [0.1, 0.15) is 0 Å². The van der Waals surface area contributed by atoms with Gasteiger partial charge in [-0.2, -0.15) is 4.99 Å². The SMILES string of the molecule is NC(=Nc1ccccc1)N=C(N)NN1CCCCC1. The summed E-state index contributed by atoms with van der Waals surface area (Å²) in [5.74, 6) is 0.423. The number of nitrogens with one attached hydrogen (secondary N) is 1. The van der Waals surface area contributed by atoms with Gasteiger partial charge in [0.15, 0.2) is 0 Å². The minimum absolute atomic E-state index is 0.146. The molecule has 0 bridgehead atoms. The van der Waals surface area contributed by atoms with Crippen LogP contribution in [0.3, 0.4) is 0 Å². The molecule has 0 saturated carbocycles. The van der Waals surface area contributed by atoms with Crippen molar-refractivity contribution in [2.45, 2.75) is 19.3 Å². The number of rotatable bonds is 2. The highest BCUT2D eigenvalue weighted by Gasteiger charge is 2.10. The number of hydrogen-bond donors (Lipinski definition) is 3. The Hall–Kier alpha value is -2.08. The van der Waals surface area contributed by atoms with Crippen LogP contribution in [0.5, 0.6) is 0 Å². The molecule has 0 atom stereocenters. The van der Waals surface area contributed by atoms with Gasteiger partial charge in [-0.1, -0.05) is 24.6 Å². The van der Waals surface area contributed by atoms with Gasteiger partial charge in [-0.3, -0.25) is 5.43 Å². The molecule has 0 radical (unpaired) electrons. The third kappa shape index (κ3) is 4.59. The van der Waals surface area contributed by atoms with E-state index in [1.165, 1.54) is 19.3 Å². The number of benzene rings is 1. The molecule has 0 aliphatic carbocycles. The fourth-order valence-corrected chi connectivity index (χ4v) is 1.98. The van der Waals surface area contributed by atoms with Gasteiger partial charge < -0.3 is 11.5 Å².